The van der Waals surface area contributed by atoms with E-state index < -0.39 is 0 Å². The van der Waals surface area contributed by atoms with Crippen molar-refractivity contribution in [2.24, 2.45) is 0 Å². The molecule has 0 spiro atoms. The van der Waals surface area contributed by atoms with Crippen molar-refractivity contribution >= 4 is 93.3 Å². The zero-order valence-electron chi connectivity index (χ0n) is 22.8. The number of hydrogen-bond acceptors (Lipinski definition) is 4. The van der Waals surface area contributed by atoms with Crippen LogP contribution < -0.4 is 9.47 Å². The van der Waals surface area contributed by atoms with Gasteiger partial charge in [-0.1, -0.05) is 71.7 Å². The van der Waals surface area contributed by atoms with Gasteiger partial charge in [-0.05, 0) is 97.8 Å². The van der Waals surface area contributed by atoms with Gasteiger partial charge in [-0.2, -0.15) is 0 Å². The summed E-state index contributed by atoms with van der Waals surface area (Å²) < 4.78 is 10.7. The van der Waals surface area contributed by atoms with Gasteiger partial charge in [0.1, 0.15) is 21.3 Å². The van der Waals surface area contributed by atoms with Crippen LogP contribution in [0.4, 0.5) is 0 Å². The van der Waals surface area contributed by atoms with Crippen molar-refractivity contribution in [3.8, 4) is 11.5 Å². The van der Waals surface area contributed by atoms with Gasteiger partial charge in [-0.15, -0.1) is 9.81 Å². The van der Waals surface area contributed by atoms with E-state index in [-0.39, 0.29) is 16.5 Å². The molecule has 0 atom stereocenters. The van der Waals surface area contributed by atoms with Crippen molar-refractivity contribution in [3.05, 3.63) is 128 Å². The minimum Gasteiger partial charge on any atom is -0.774 e. The summed E-state index contributed by atoms with van der Waals surface area (Å²) in [7, 11) is 3.31. The number of rotatable bonds is 6. The smallest absolute Gasteiger partial charge is 0.774 e. The first kappa shape index (κ1) is 35.4. The molecular weight excluding hydrogens is 674 g/mol. The van der Waals surface area contributed by atoms with Crippen LogP contribution in [0.15, 0.2) is 84.9 Å². The molecule has 0 aliphatic rings. The second-order valence-corrected chi connectivity index (χ2v) is 11.4. The predicted molar refractivity (Wildman–Crippen MR) is 187 cm³/mol. The maximum absolute atomic E-state index is 6.20. The molecule has 0 heterocycles. The topological polar surface area (TPSA) is 18.5 Å². The molecule has 2 nitrogen and oxygen atoms in total. The molecule has 0 saturated heterocycles. The van der Waals surface area contributed by atoms with Gasteiger partial charge in [0.15, 0.2) is 0 Å². The van der Waals surface area contributed by atoms with Crippen LogP contribution in [0.1, 0.15) is 33.4 Å². The fourth-order valence-corrected chi connectivity index (χ4v) is 5.60. The Hall–Kier alpha value is -1.83. The van der Waals surface area contributed by atoms with Crippen LogP contribution >= 0.6 is 23.2 Å². The third-order valence-corrected chi connectivity index (χ3v) is 9.02. The summed E-state index contributed by atoms with van der Waals surface area (Å²) in [4.78, 5) is 3.01. The Morgan fingerprint density at radius 1 is 0.610 bits per heavy atom. The number of hydrogen-bond donors (Lipinski definition) is 0. The minimum absolute atomic E-state index is 0. The van der Waals surface area contributed by atoms with E-state index in [0.29, 0.717) is 19.9 Å². The van der Waals surface area contributed by atoms with Crippen LogP contribution in [0.25, 0.3) is 19.6 Å². The predicted octanol–water partition coefficient (Wildman–Crippen LogP) is 8.08. The number of halogens is 2. The second-order valence-electron chi connectivity index (χ2n) is 8.74. The Morgan fingerprint density at radius 3 is 1.27 bits per heavy atom. The van der Waals surface area contributed by atoms with Crippen LogP contribution in [0.5, 0.6) is 11.5 Å². The Morgan fingerprint density at radius 2 is 0.951 bits per heavy atom. The van der Waals surface area contributed by atoms with Crippen LogP contribution in [-0.4, -0.2) is 14.2 Å². The molecule has 0 bridgehead atoms. The molecule has 41 heavy (non-hydrogen) atoms. The molecule has 0 radical (unpaired) electrons. The van der Waals surface area contributed by atoms with Gasteiger partial charge in [0.25, 0.3) is 0 Å². The monoisotopic (exact) mass is 702 g/mol. The standard InChI is InChI=1S/2C16H15ClOS2.Ni/c2*1-10-7-8-11(9-14(10)18-2)15(19)16(20)12-5-3-4-6-13(12)17;/h2*3-9,19-20H,1-2H3;/q;;+2/b2*16-15-;. The van der Waals surface area contributed by atoms with Gasteiger partial charge in [0, 0.05) is 11.1 Å². The molecule has 216 valence electrons. The molecule has 0 N–H and O–H groups in total. The second kappa shape index (κ2) is 16.7. The summed E-state index contributed by atoms with van der Waals surface area (Å²) in [5.41, 5.74) is 5.77. The van der Waals surface area contributed by atoms with E-state index in [1.54, 1.807) is 14.2 Å². The van der Waals surface area contributed by atoms with Crippen molar-refractivity contribution in [1.82, 2.24) is 0 Å². The van der Waals surface area contributed by atoms with Gasteiger partial charge in [0.2, 0.25) is 0 Å². The number of benzene rings is 4. The molecule has 0 fully saturated rings. The molecule has 0 unspecified atom stereocenters. The summed E-state index contributed by atoms with van der Waals surface area (Å²) in [6, 6.07) is 27.0. The molecule has 4 aromatic rings. The molecule has 0 aromatic heterocycles. The first-order valence-electron chi connectivity index (χ1n) is 12.1. The van der Waals surface area contributed by atoms with E-state index in [1.807, 2.05) is 98.8 Å². The Kier molecular flexibility index (Phi) is 14.4. The molecule has 0 aliphatic heterocycles. The van der Waals surface area contributed by atoms with Gasteiger partial charge in [0.05, 0.1) is 24.3 Å². The maximum atomic E-state index is 6.20. The molecule has 4 aromatic carbocycles. The first-order chi connectivity index (χ1) is 19.1. The number of ether oxygens (including phenoxy) is 2. The molecular formula is C32H30Cl2NiO2S4+2. The summed E-state index contributed by atoms with van der Waals surface area (Å²) in [6.07, 6.45) is 0. The zero-order chi connectivity index (χ0) is 29.4. The van der Waals surface area contributed by atoms with Crippen molar-refractivity contribution in [2.45, 2.75) is 13.8 Å². The average Bonchev–Trinajstić information content (AvgIpc) is 2.97. The summed E-state index contributed by atoms with van der Waals surface area (Å²) in [6.45, 7) is 4.00. The molecule has 4 rings (SSSR count). The van der Waals surface area contributed by atoms with Gasteiger partial charge in [-0.25, -0.2) is 0 Å². The molecule has 9 heteroatoms. The largest absolute Gasteiger partial charge is 2.00 e. The SMILES string of the molecule is COc1cc(/C([S-])=C(/[SH2+])c2ccccc2Cl)ccc1C.COc1cc(/C([S-])=C(/[SH2+])c2ccccc2Cl)ccc1C.[Ni+2]. The maximum Gasteiger partial charge on any atom is 2.00 e. The van der Waals surface area contributed by atoms with E-state index in [4.69, 9.17) is 57.9 Å². The van der Waals surface area contributed by atoms with Gasteiger partial charge < -0.3 is 34.7 Å². The van der Waals surface area contributed by atoms with E-state index in [0.717, 1.165) is 54.7 Å². The van der Waals surface area contributed by atoms with Crippen molar-refractivity contribution in [3.63, 3.8) is 0 Å². The van der Waals surface area contributed by atoms with Crippen LogP contribution in [0.2, 0.25) is 10.0 Å². The van der Waals surface area contributed by atoms with Crippen LogP contribution in [0, 0.1) is 13.8 Å². The Bertz CT molecular complexity index is 1450. The quantitative estimate of drug-likeness (QED) is 0.0875. The Balaban J connectivity index is 0.000000280. The first-order valence-corrected chi connectivity index (χ1v) is 14.7. The number of methoxy groups -OCH3 is 2. The van der Waals surface area contributed by atoms with Gasteiger partial charge >= 0.3 is 16.5 Å². The third-order valence-electron chi connectivity index (χ3n) is 6.08. The van der Waals surface area contributed by atoms with Crippen molar-refractivity contribution in [2.75, 3.05) is 14.2 Å². The summed E-state index contributed by atoms with van der Waals surface area (Å²) in [5.74, 6) is 1.65. The van der Waals surface area contributed by atoms with Crippen molar-refractivity contribution < 1.29 is 26.0 Å². The Labute approximate surface area is 285 Å². The molecule has 0 saturated carbocycles. The summed E-state index contributed by atoms with van der Waals surface area (Å²) >= 11 is 30.7. The van der Waals surface area contributed by atoms with Crippen molar-refractivity contribution in [1.29, 1.82) is 0 Å². The molecule has 0 aliphatic carbocycles. The normalized spacial score (nSPS) is 11.7. The van der Waals surface area contributed by atoms with E-state index in [1.165, 1.54) is 0 Å². The number of aryl methyl sites for hydroxylation is 2. The third kappa shape index (κ3) is 9.08. The zero-order valence-corrected chi connectivity index (χ0v) is 28.9. The minimum atomic E-state index is 0. The van der Waals surface area contributed by atoms with Crippen LogP contribution in [-0.2, 0) is 67.0 Å². The van der Waals surface area contributed by atoms with Crippen LogP contribution in [0.3, 0.4) is 0 Å². The molecule has 0 amide bonds. The van der Waals surface area contributed by atoms with E-state index in [2.05, 4.69) is 25.3 Å². The fraction of sp³-hybridized carbons (Fsp3) is 0.125. The van der Waals surface area contributed by atoms with E-state index >= 15 is 0 Å². The van der Waals surface area contributed by atoms with Gasteiger partial charge in [-0.3, -0.25) is 0 Å². The van der Waals surface area contributed by atoms with E-state index in [9.17, 15) is 0 Å². The summed E-state index contributed by atoms with van der Waals surface area (Å²) in [5, 5.41) is 1.33. The fourth-order valence-electron chi connectivity index (χ4n) is 3.78. The average molecular weight is 704 g/mol.